The molecule has 2 heterocycles. The van der Waals surface area contributed by atoms with Gasteiger partial charge in [-0.15, -0.1) is 0 Å². The van der Waals surface area contributed by atoms with Crippen LogP contribution in [0.25, 0.3) is 22.3 Å². The number of aromatic nitrogens is 2. The molecular formula is C21H22ClN3O3. The van der Waals surface area contributed by atoms with E-state index in [1.807, 2.05) is 49.4 Å². The number of aromatic hydroxyl groups is 1. The van der Waals surface area contributed by atoms with Crippen LogP contribution in [0.1, 0.15) is 5.56 Å². The maximum atomic E-state index is 13.1. The van der Waals surface area contributed by atoms with E-state index in [1.54, 1.807) is 21.5 Å². The summed E-state index contributed by atoms with van der Waals surface area (Å²) in [7, 11) is 1.61. The van der Waals surface area contributed by atoms with Crippen LogP contribution in [0.3, 0.4) is 0 Å². The third-order valence-electron chi connectivity index (χ3n) is 5.27. The molecule has 1 aromatic heterocycles. The van der Waals surface area contributed by atoms with Crippen molar-refractivity contribution in [2.24, 2.45) is 0 Å². The minimum absolute atomic E-state index is 0.000640. The van der Waals surface area contributed by atoms with Gasteiger partial charge in [-0.1, -0.05) is 35.9 Å². The van der Waals surface area contributed by atoms with Crippen LogP contribution in [-0.2, 0) is 17.9 Å². The van der Waals surface area contributed by atoms with Gasteiger partial charge in [0.25, 0.3) is 5.56 Å². The Labute approximate surface area is 168 Å². The van der Waals surface area contributed by atoms with Gasteiger partial charge in [0.05, 0.1) is 20.2 Å². The van der Waals surface area contributed by atoms with Crippen LogP contribution in [0.15, 0.2) is 47.3 Å². The van der Waals surface area contributed by atoms with Gasteiger partial charge >= 0.3 is 0 Å². The highest BCUT2D eigenvalue weighted by molar-refractivity contribution is 6.30. The summed E-state index contributed by atoms with van der Waals surface area (Å²) in [5, 5.41) is 13.3. The molecule has 0 aliphatic carbocycles. The largest absolute Gasteiger partial charge is 0.493 e. The maximum absolute atomic E-state index is 13.1. The molecule has 0 unspecified atom stereocenters. The molecule has 0 amide bonds. The lowest BCUT2D eigenvalue weighted by Gasteiger charge is -2.15. The average molecular weight is 400 g/mol. The monoisotopic (exact) mass is 399 g/mol. The minimum atomic E-state index is -0.188. The number of hydroxylamine groups is 2. The Balaban J connectivity index is 1.81. The van der Waals surface area contributed by atoms with E-state index in [2.05, 4.69) is 0 Å². The number of hydrogen-bond acceptors (Lipinski definition) is 4. The van der Waals surface area contributed by atoms with E-state index in [0.29, 0.717) is 36.8 Å². The first-order chi connectivity index (χ1) is 13.5. The molecular weight excluding hydrogens is 378 g/mol. The fourth-order valence-electron chi connectivity index (χ4n) is 3.68. The summed E-state index contributed by atoms with van der Waals surface area (Å²) in [6.07, 6.45) is 0. The number of rotatable bonds is 3. The smallest absolute Gasteiger partial charge is 0.278 e. The van der Waals surface area contributed by atoms with Gasteiger partial charge in [-0.3, -0.25) is 4.79 Å². The van der Waals surface area contributed by atoms with E-state index in [9.17, 15) is 9.90 Å². The molecule has 0 saturated heterocycles. The number of hydrogen-bond donors (Lipinski definition) is 1. The van der Waals surface area contributed by atoms with Gasteiger partial charge in [0.1, 0.15) is 5.56 Å². The van der Waals surface area contributed by atoms with Gasteiger partial charge in [-0.05, 0) is 47.4 Å². The standard InChI is InChI=1S/C21H22ClN3O3/c1-14-3-4-16(15-5-7-17(22)8-6-15)13-18(14)19-20(26)24-11-9-23(28-2)10-12-25(24)21(19)27/h3-8,13,26H,9-12H2,1-2H3. The molecule has 1 aliphatic rings. The fraction of sp³-hybridized carbons (Fsp3) is 0.286. The van der Waals surface area contributed by atoms with Gasteiger partial charge in [-0.2, -0.15) is 5.06 Å². The highest BCUT2D eigenvalue weighted by Gasteiger charge is 2.25. The van der Waals surface area contributed by atoms with Gasteiger partial charge < -0.3 is 9.94 Å². The number of aryl methyl sites for hydroxylation is 1. The minimum Gasteiger partial charge on any atom is -0.493 e. The molecule has 0 fully saturated rings. The second-order valence-corrected chi connectivity index (χ2v) is 7.33. The Kier molecular flexibility index (Phi) is 5.02. The molecule has 3 aromatic rings. The Morgan fingerprint density at radius 3 is 2.29 bits per heavy atom. The summed E-state index contributed by atoms with van der Waals surface area (Å²) in [5.41, 5.74) is 3.80. The summed E-state index contributed by atoms with van der Waals surface area (Å²) in [6.45, 7) is 4.06. The third-order valence-corrected chi connectivity index (χ3v) is 5.52. The van der Waals surface area contributed by atoms with E-state index in [4.69, 9.17) is 16.4 Å². The van der Waals surface area contributed by atoms with Gasteiger partial charge in [-0.25, -0.2) is 9.36 Å². The summed E-state index contributed by atoms with van der Waals surface area (Å²) in [6, 6.07) is 13.5. The summed E-state index contributed by atoms with van der Waals surface area (Å²) in [4.78, 5) is 18.4. The van der Waals surface area contributed by atoms with E-state index >= 15 is 0 Å². The van der Waals surface area contributed by atoms with Crippen molar-refractivity contribution in [2.45, 2.75) is 20.0 Å². The highest BCUT2D eigenvalue weighted by Crippen LogP contribution is 2.33. The van der Waals surface area contributed by atoms with Crippen molar-refractivity contribution < 1.29 is 9.94 Å². The van der Waals surface area contributed by atoms with Gasteiger partial charge in [0, 0.05) is 18.1 Å². The SMILES string of the molecule is CON1CCn2c(O)c(-c3cc(-c4ccc(Cl)cc4)ccc3C)c(=O)n2CC1. The number of fused-ring (bicyclic) bond motifs is 1. The Morgan fingerprint density at radius 1 is 0.964 bits per heavy atom. The Hall–Kier alpha value is -2.54. The van der Waals surface area contributed by atoms with Crippen molar-refractivity contribution in [1.82, 2.24) is 14.4 Å². The molecule has 0 radical (unpaired) electrons. The Morgan fingerprint density at radius 2 is 1.61 bits per heavy atom. The van der Waals surface area contributed by atoms with Crippen LogP contribution in [-0.4, -0.2) is 39.7 Å². The highest BCUT2D eigenvalue weighted by atomic mass is 35.5. The van der Waals surface area contributed by atoms with E-state index in [0.717, 1.165) is 22.3 Å². The topological polar surface area (TPSA) is 59.6 Å². The predicted molar refractivity (Wildman–Crippen MR) is 110 cm³/mol. The first-order valence-electron chi connectivity index (χ1n) is 9.18. The third kappa shape index (κ3) is 3.24. The zero-order chi connectivity index (χ0) is 19.8. The van der Waals surface area contributed by atoms with Crippen molar-refractivity contribution in [3.63, 3.8) is 0 Å². The summed E-state index contributed by atoms with van der Waals surface area (Å²) >= 11 is 5.99. The first-order valence-corrected chi connectivity index (χ1v) is 9.56. The van der Waals surface area contributed by atoms with Crippen LogP contribution in [0, 0.1) is 6.92 Å². The predicted octanol–water partition coefficient (Wildman–Crippen LogP) is 3.53. The molecule has 0 bridgehead atoms. The molecule has 0 atom stereocenters. The molecule has 6 nitrogen and oxygen atoms in total. The zero-order valence-electron chi connectivity index (χ0n) is 15.9. The average Bonchev–Trinajstić information content (AvgIpc) is 2.85. The molecule has 28 heavy (non-hydrogen) atoms. The number of benzene rings is 2. The van der Waals surface area contributed by atoms with Crippen molar-refractivity contribution in [2.75, 3.05) is 20.2 Å². The molecule has 0 spiro atoms. The molecule has 0 saturated carbocycles. The van der Waals surface area contributed by atoms with Crippen LogP contribution < -0.4 is 5.56 Å². The van der Waals surface area contributed by atoms with Gasteiger partial charge in [0.2, 0.25) is 5.88 Å². The maximum Gasteiger partial charge on any atom is 0.278 e. The van der Waals surface area contributed by atoms with E-state index in [1.165, 1.54) is 0 Å². The lowest BCUT2D eigenvalue weighted by molar-refractivity contribution is -0.130. The summed E-state index contributed by atoms with van der Waals surface area (Å²) < 4.78 is 3.24. The van der Waals surface area contributed by atoms with E-state index in [-0.39, 0.29) is 11.4 Å². The Bertz CT molecular complexity index is 1070. The fourth-order valence-corrected chi connectivity index (χ4v) is 3.81. The number of nitrogens with zero attached hydrogens (tertiary/aromatic N) is 3. The zero-order valence-corrected chi connectivity index (χ0v) is 16.6. The van der Waals surface area contributed by atoms with Crippen molar-refractivity contribution in [3.8, 4) is 28.1 Å². The van der Waals surface area contributed by atoms with Crippen LogP contribution in [0.2, 0.25) is 5.02 Å². The normalized spacial score (nSPS) is 14.7. The lowest BCUT2D eigenvalue weighted by atomic mass is 9.96. The van der Waals surface area contributed by atoms with Crippen LogP contribution in [0.4, 0.5) is 0 Å². The van der Waals surface area contributed by atoms with E-state index < -0.39 is 0 Å². The molecule has 146 valence electrons. The number of halogens is 1. The van der Waals surface area contributed by atoms with Crippen molar-refractivity contribution >= 4 is 11.6 Å². The lowest BCUT2D eigenvalue weighted by Crippen LogP contribution is -2.27. The second-order valence-electron chi connectivity index (χ2n) is 6.90. The summed E-state index contributed by atoms with van der Waals surface area (Å²) in [5.74, 6) is -0.000640. The molecule has 1 aliphatic heterocycles. The van der Waals surface area contributed by atoms with Gasteiger partial charge in [0.15, 0.2) is 0 Å². The van der Waals surface area contributed by atoms with Crippen LogP contribution >= 0.6 is 11.6 Å². The molecule has 4 rings (SSSR count). The van der Waals surface area contributed by atoms with Crippen molar-refractivity contribution in [1.29, 1.82) is 0 Å². The van der Waals surface area contributed by atoms with Crippen LogP contribution in [0.5, 0.6) is 5.88 Å². The molecule has 2 aromatic carbocycles. The molecule has 7 heteroatoms. The van der Waals surface area contributed by atoms with Crippen molar-refractivity contribution in [3.05, 3.63) is 63.4 Å². The molecule has 1 N–H and O–H groups in total. The second kappa shape index (κ2) is 7.47. The quantitative estimate of drug-likeness (QED) is 0.732. The first kappa shape index (κ1) is 18.8.